The van der Waals surface area contributed by atoms with Crippen LogP contribution in [0.3, 0.4) is 0 Å². The molecule has 2 unspecified atom stereocenters. The number of benzene rings is 2. The molecule has 0 aliphatic carbocycles. The van der Waals surface area contributed by atoms with Crippen LogP contribution in [0.5, 0.6) is 5.75 Å². The minimum absolute atomic E-state index is 0.0619. The monoisotopic (exact) mass is 339 g/mol. The lowest BCUT2D eigenvalue weighted by Crippen LogP contribution is -2.39. The van der Waals surface area contributed by atoms with Crippen LogP contribution in [-0.4, -0.2) is 35.7 Å². The van der Waals surface area contributed by atoms with Crippen LogP contribution >= 0.6 is 0 Å². The first-order chi connectivity index (χ1) is 12.0. The molecule has 0 saturated carbocycles. The van der Waals surface area contributed by atoms with E-state index in [2.05, 4.69) is 36.9 Å². The van der Waals surface area contributed by atoms with Gasteiger partial charge in [-0.15, -0.1) is 0 Å². The van der Waals surface area contributed by atoms with Gasteiger partial charge in [-0.25, -0.2) is 0 Å². The Morgan fingerprint density at radius 2 is 1.76 bits per heavy atom. The van der Waals surface area contributed by atoms with E-state index >= 15 is 0 Å². The van der Waals surface area contributed by atoms with Crippen LogP contribution in [-0.2, 0) is 4.79 Å². The Balaban J connectivity index is 2.08. The number of ether oxygens (including phenoxy) is 1. The van der Waals surface area contributed by atoms with E-state index in [0.717, 1.165) is 29.8 Å². The number of hydrogen-bond donors (Lipinski definition) is 1. The first-order valence-electron chi connectivity index (χ1n) is 8.70. The maximum Gasteiger partial charge on any atom is 0.320 e. The van der Waals surface area contributed by atoms with E-state index < -0.39 is 12.0 Å². The van der Waals surface area contributed by atoms with Crippen molar-refractivity contribution in [2.75, 3.05) is 13.7 Å². The van der Waals surface area contributed by atoms with Crippen LogP contribution in [0.15, 0.2) is 42.5 Å². The molecule has 1 fully saturated rings. The van der Waals surface area contributed by atoms with Gasteiger partial charge < -0.3 is 9.84 Å². The van der Waals surface area contributed by atoms with Gasteiger partial charge in [0, 0.05) is 6.54 Å². The number of aliphatic carboxylic acids is 1. The Morgan fingerprint density at radius 1 is 1.12 bits per heavy atom. The second-order valence-electron chi connectivity index (χ2n) is 6.83. The minimum Gasteiger partial charge on any atom is -0.497 e. The van der Waals surface area contributed by atoms with Crippen LogP contribution in [0.4, 0.5) is 0 Å². The third kappa shape index (κ3) is 3.69. The molecule has 1 aliphatic rings. The van der Waals surface area contributed by atoms with Gasteiger partial charge in [0.05, 0.1) is 13.2 Å². The number of hydrogen-bond acceptors (Lipinski definition) is 3. The summed E-state index contributed by atoms with van der Waals surface area (Å²) < 4.78 is 5.27. The van der Waals surface area contributed by atoms with Gasteiger partial charge in [0.25, 0.3) is 0 Å². The number of nitrogens with zero attached hydrogens (tertiary/aromatic N) is 1. The Hall–Kier alpha value is -2.33. The molecule has 0 aromatic heterocycles. The lowest BCUT2D eigenvalue weighted by Gasteiger charge is -2.32. The highest BCUT2D eigenvalue weighted by Crippen LogP contribution is 2.36. The van der Waals surface area contributed by atoms with E-state index in [0.29, 0.717) is 6.42 Å². The number of methoxy groups -OCH3 is 1. The number of likely N-dealkylation sites (tertiary alicyclic amines) is 1. The predicted molar refractivity (Wildman–Crippen MR) is 98.1 cm³/mol. The highest BCUT2D eigenvalue weighted by molar-refractivity contribution is 5.74. The molecule has 0 spiro atoms. The van der Waals surface area contributed by atoms with Crippen molar-refractivity contribution in [3.63, 3.8) is 0 Å². The smallest absolute Gasteiger partial charge is 0.320 e. The molecule has 1 aliphatic heterocycles. The van der Waals surface area contributed by atoms with Gasteiger partial charge >= 0.3 is 5.97 Å². The highest BCUT2D eigenvalue weighted by atomic mass is 16.5. The molecule has 1 N–H and O–H groups in total. The molecular formula is C21H25NO3. The third-order valence-corrected chi connectivity index (χ3v) is 4.90. The molecule has 0 radical (unpaired) electrons. The van der Waals surface area contributed by atoms with Crippen molar-refractivity contribution < 1.29 is 14.6 Å². The van der Waals surface area contributed by atoms with Crippen molar-refractivity contribution in [3.05, 3.63) is 64.7 Å². The fourth-order valence-electron chi connectivity index (χ4n) is 3.89. The third-order valence-electron chi connectivity index (χ3n) is 4.90. The summed E-state index contributed by atoms with van der Waals surface area (Å²) >= 11 is 0. The number of carboxylic acids is 1. The van der Waals surface area contributed by atoms with Crippen molar-refractivity contribution in [2.45, 2.75) is 38.8 Å². The molecule has 132 valence electrons. The predicted octanol–water partition coefficient (Wildman–Crippen LogP) is 3.95. The zero-order valence-electron chi connectivity index (χ0n) is 15.0. The van der Waals surface area contributed by atoms with Crippen molar-refractivity contribution in [3.8, 4) is 5.75 Å². The maximum absolute atomic E-state index is 11.8. The molecular weight excluding hydrogens is 314 g/mol. The van der Waals surface area contributed by atoms with Gasteiger partial charge in [-0.3, -0.25) is 9.69 Å². The summed E-state index contributed by atoms with van der Waals surface area (Å²) in [7, 11) is 1.65. The van der Waals surface area contributed by atoms with Crippen molar-refractivity contribution in [1.29, 1.82) is 0 Å². The molecule has 0 bridgehead atoms. The van der Waals surface area contributed by atoms with E-state index in [1.807, 2.05) is 24.3 Å². The van der Waals surface area contributed by atoms with E-state index in [1.165, 1.54) is 11.1 Å². The van der Waals surface area contributed by atoms with Gasteiger partial charge in [0.1, 0.15) is 11.8 Å². The van der Waals surface area contributed by atoms with Crippen LogP contribution < -0.4 is 4.74 Å². The summed E-state index contributed by atoms with van der Waals surface area (Å²) in [4.78, 5) is 13.9. The minimum atomic E-state index is -0.736. The van der Waals surface area contributed by atoms with E-state index in [4.69, 9.17) is 4.74 Å². The molecule has 2 aromatic carbocycles. The molecule has 1 heterocycles. The van der Waals surface area contributed by atoms with E-state index in [9.17, 15) is 9.90 Å². The lowest BCUT2D eigenvalue weighted by atomic mass is 9.93. The zero-order valence-corrected chi connectivity index (χ0v) is 15.0. The van der Waals surface area contributed by atoms with Crippen LogP contribution in [0.25, 0.3) is 0 Å². The molecule has 25 heavy (non-hydrogen) atoms. The normalized spacial score (nSPS) is 18.9. The Kier molecular flexibility index (Phi) is 5.09. The average molecular weight is 339 g/mol. The summed E-state index contributed by atoms with van der Waals surface area (Å²) in [6.07, 6.45) is 1.61. The SMILES string of the molecule is COc1ccc(C(c2cc(C)cc(C)c2)N2CCCC2C(=O)O)cc1. The number of rotatable bonds is 5. The Bertz CT molecular complexity index is 734. The van der Waals surface area contributed by atoms with Crippen LogP contribution in [0.1, 0.15) is 41.1 Å². The van der Waals surface area contributed by atoms with Crippen LogP contribution in [0.2, 0.25) is 0 Å². The van der Waals surface area contributed by atoms with E-state index in [1.54, 1.807) is 7.11 Å². The molecule has 2 atom stereocenters. The molecule has 4 heteroatoms. The molecule has 4 nitrogen and oxygen atoms in total. The number of aryl methyl sites for hydroxylation is 2. The van der Waals surface area contributed by atoms with Gasteiger partial charge in [0.15, 0.2) is 0 Å². The summed E-state index contributed by atoms with van der Waals surface area (Å²) in [5.41, 5.74) is 4.63. The Labute approximate surface area is 149 Å². The summed E-state index contributed by atoms with van der Waals surface area (Å²) in [6.45, 7) is 4.96. The average Bonchev–Trinajstić information content (AvgIpc) is 3.04. The maximum atomic E-state index is 11.8. The largest absolute Gasteiger partial charge is 0.497 e. The van der Waals surface area contributed by atoms with Crippen molar-refractivity contribution >= 4 is 5.97 Å². The van der Waals surface area contributed by atoms with Gasteiger partial charge in [-0.05, 0) is 49.9 Å². The highest BCUT2D eigenvalue weighted by Gasteiger charge is 2.36. The lowest BCUT2D eigenvalue weighted by molar-refractivity contribution is -0.142. The molecule has 2 aromatic rings. The molecule has 3 rings (SSSR count). The Morgan fingerprint density at radius 3 is 2.32 bits per heavy atom. The quantitative estimate of drug-likeness (QED) is 0.896. The first-order valence-corrected chi connectivity index (χ1v) is 8.70. The van der Waals surface area contributed by atoms with E-state index in [-0.39, 0.29) is 6.04 Å². The fraction of sp³-hybridized carbons (Fsp3) is 0.381. The van der Waals surface area contributed by atoms with Gasteiger partial charge in [-0.1, -0.05) is 41.5 Å². The van der Waals surface area contributed by atoms with Gasteiger partial charge in [0.2, 0.25) is 0 Å². The molecule has 0 amide bonds. The second kappa shape index (κ2) is 7.28. The number of carbonyl (C=O) groups is 1. The number of carboxylic acid groups (broad SMARTS) is 1. The zero-order chi connectivity index (χ0) is 18.0. The topological polar surface area (TPSA) is 49.8 Å². The summed E-state index contributed by atoms with van der Waals surface area (Å²) in [6, 6.07) is 13.9. The second-order valence-corrected chi connectivity index (χ2v) is 6.83. The summed E-state index contributed by atoms with van der Waals surface area (Å²) in [5, 5.41) is 9.66. The fourth-order valence-corrected chi connectivity index (χ4v) is 3.89. The van der Waals surface area contributed by atoms with Crippen LogP contribution in [0, 0.1) is 13.8 Å². The van der Waals surface area contributed by atoms with Crippen molar-refractivity contribution in [2.24, 2.45) is 0 Å². The summed E-state index contributed by atoms with van der Waals surface area (Å²) in [5.74, 6) is 0.0690. The standard InChI is InChI=1S/C21H25NO3/c1-14-11-15(2)13-17(12-14)20(16-6-8-18(25-3)9-7-16)22-10-4-5-19(22)21(23)24/h6-9,11-13,19-20H,4-5,10H2,1-3H3,(H,23,24). The first kappa shape index (κ1) is 17.5. The van der Waals surface area contributed by atoms with Crippen molar-refractivity contribution in [1.82, 2.24) is 4.90 Å². The molecule has 1 saturated heterocycles. The van der Waals surface area contributed by atoms with Gasteiger partial charge in [-0.2, -0.15) is 0 Å².